The number of rotatable bonds is 4. The Morgan fingerprint density at radius 2 is 1.73 bits per heavy atom. The summed E-state index contributed by atoms with van der Waals surface area (Å²) in [7, 11) is 0. The number of carbonyl (C=O) groups is 1. The van der Waals surface area contributed by atoms with Crippen molar-refractivity contribution in [2.45, 2.75) is 12.8 Å². The summed E-state index contributed by atoms with van der Waals surface area (Å²) in [5.74, 6) is -1.56. The van der Waals surface area contributed by atoms with Gasteiger partial charge in [0.25, 0.3) is 5.91 Å². The highest BCUT2D eigenvalue weighted by Crippen LogP contribution is 2.22. The van der Waals surface area contributed by atoms with E-state index in [1.807, 2.05) is 4.90 Å². The summed E-state index contributed by atoms with van der Waals surface area (Å²) in [6.45, 7) is 1.57. The minimum Gasteiger partial charge on any atom is -0.357 e. The maximum absolute atomic E-state index is 14.7. The lowest BCUT2D eigenvalue weighted by Crippen LogP contribution is -2.27. The van der Waals surface area contributed by atoms with Crippen molar-refractivity contribution in [1.29, 1.82) is 5.41 Å². The predicted octanol–water partition coefficient (Wildman–Crippen LogP) is 3.77. The lowest BCUT2D eigenvalue weighted by Gasteiger charge is -2.18. The number of hydrogen-bond donors (Lipinski definition) is 2. The van der Waals surface area contributed by atoms with E-state index in [0.29, 0.717) is 16.6 Å². The smallest absolute Gasteiger partial charge is 0.295 e. The zero-order valence-electron chi connectivity index (χ0n) is 17.4. The van der Waals surface area contributed by atoms with E-state index in [1.54, 1.807) is 30.3 Å². The molecule has 1 aliphatic heterocycles. The number of amides is 1. The first-order chi connectivity index (χ1) is 16.0. The molecule has 0 radical (unpaired) electrons. The molecule has 1 saturated heterocycles. The van der Waals surface area contributed by atoms with Gasteiger partial charge >= 0.3 is 0 Å². The fourth-order valence-corrected chi connectivity index (χ4v) is 3.90. The molecule has 2 heterocycles. The molecule has 33 heavy (non-hydrogen) atoms. The number of hydrogen-bond acceptors (Lipinski definition) is 5. The number of anilines is 1. The molecule has 1 aromatic heterocycles. The predicted molar refractivity (Wildman–Crippen MR) is 119 cm³/mol. The largest absolute Gasteiger partial charge is 0.357 e. The van der Waals surface area contributed by atoms with Crippen molar-refractivity contribution in [1.82, 2.24) is 25.1 Å². The van der Waals surface area contributed by atoms with E-state index in [-0.39, 0.29) is 23.2 Å². The van der Waals surface area contributed by atoms with Gasteiger partial charge in [0.15, 0.2) is 0 Å². The SMILES string of the molecule is N=C(c1ccc(NC(=O)c2nnnn2-c2ccc3cc(F)ccc3c2)c(F)c1)N1CCCC1. The van der Waals surface area contributed by atoms with Gasteiger partial charge in [0.1, 0.15) is 17.5 Å². The van der Waals surface area contributed by atoms with E-state index in [0.717, 1.165) is 31.3 Å². The van der Waals surface area contributed by atoms with Crippen molar-refractivity contribution >= 4 is 28.2 Å². The van der Waals surface area contributed by atoms with Crippen LogP contribution in [-0.4, -0.2) is 49.9 Å². The number of fused-ring (bicyclic) bond motifs is 1. The van der Waals surface area contributed by atoms with E-state index in [1.165, 1.54) is 28.9 Å². The van der Waals surface area contributed by atoms with Crippen LogP contribution >= 0.6 is 0 Å². The molecule has 1 fully saturated rings. The molecule has 0 atom stereocenters. The maximum Gasteiger partial charge on any atom is 0.295 e. The molecule has 1 aliphatic rings. The number of benzene rings is 3. The standard InChI is InChI=1S/C23H19F2N7O/c24-17-6-3-15-12-18(7-4-14(15)11-17)32-22(28-29-30-32)23(33)27-20-8-5-16(13-19(20)25)21(26)31-9-1-2-10-31/h3-8,11-13,26H,1-2,9-10H2,(H,27,33). The fraction of sp³-hybridized carbons (Fsp3) is 0.174. The minimum absolute atomic E-state index is 0.0403. The van der Waals surface area contributed by atoms with Crippen LogP contribution in [0, 0.1) is 17.0 Å². The average Bonchev–Trinajstić information content (AvgIpc) is 3.52. The van der Waals surface area contributed by atoms with E-state index in [4.69, 9.17) is 5.41 Å². The van der Waals surface area contributed by atoms with Gasteiger partial charge in [-0.15, -0.1) is 5.10 Å². The molecule has 1 amide bonds. The average molecular weight is 447 g/mol. The third kappa shape index (κ3) is 4.02. The summed E-state index contributed by atoms with van der Waals surface area (Å²) >= 11 is 0. The van der Waals surface area contributed by atoms with Crippen LogP contribution in [0.2, 0.25) is 0 Å². The number of carbonyl (C=O) groups excluding carboxylic acids is 1. The van der Waals surface area contributed by atoms with Gasteiger partial charge in [-0.2, -0.15) is 4.68 Å². The fourth-order valence-electron chi connectivity index (χ4n) is 3.90. The van der Waals surface area contributed by atoms with Gasteiger partial charge in [0.05, 0.1) is 11.4 Å². The van der Waals surface area contributed by atoms with Crippen LogP contribution in [0.4, 0.5) is 14.5 Å². The third-order valence-corrected chi connectivity index (χ3v) is 5.62. The van der Waals surface area contributed by atoms with Gasteiger partial charge < -0.3 is 10.2 Å². The maximum atomic E-state index is 14.7. The summed E-state index contributed by atoms with van der Waals surface area (Å²) in [6.07, 6.45) is 2.03. The summed E-state index contributed by atoms with van der Waals surface area (Å²) in [4.78, 5) is 14.7. The normalized spacial score (nSPS) is 13.5. The Labute approximate surface area is 187 Å². The molecule has 5 rings (SSSR count). The number of amidine groups is 1. The van der Waals surface area contributed by atoms with E-state index in [9.17, 15) is 13.6 Å². The molecule has 10 heteroatoms. The van der Waals surface area contributed by atoms with Gasteiger partial charge in [-0.1, -0.05) is 12.1 Å². The first-order valence-corrected chi connectivity index (χ1v) is 10.4. The zero-order valence-corrected chi connectivity index (χ0v) is 17.4. The van der Waals surface area contributed by atoms with E-state index in [2.05, 4.69) is 20.8 Å². The first-order valence-electron chi connectivity index (χ1n) is 10.4. The Balaban J connectivity index is 1.38. The number of nitrogens with zero attached hydrogens (tertiary/aromatic N) is 5. The van der Waals surface area contributed by atoms with Crippen LogP contribution in [0.5, 0.6) is 0 Å². The van der Waals surface area contributed by atoms with Gasteiger partial charge in [-0.05, 0) is 76.5 Å². The molecule has 0 spiro atoms. The van der Waals surface area contributed by atoms with Crippen molar-refractivity contribution in [3.63, 3.8) is 0 Å². The van der Waals surface area contributed by atoms with Crippen molar-refractivity contribution in [3.8, 4) is 5.69 Å². The molecule has 8 nitrogen and oxygen atoms in total. The Bertz CT molecular complexity index is 1380. The number of likely N-dealkylation sites (tertiary alicyclic amines) is 1. The van der Waals surface area contributed by atoms with Crippen LogP contribution in [-0.2, 0) is 0 Å². The molecular weight excluding hydrogens is 428 g/mol. The number of tetrazole rings is 1. The highest BCUT2D eigenvalue weighted by molar-refractivity contribution is 6.03. The Kier molecular flexibility index (Phi) is 5.25. The Morgan fingerprint density at radius 1 is 0.970 bits per heavy atom. The van der Waals surface area contributed by atoms with Crippen LogP contribution < -0.4 is 5.32 Å². The summed E-state index contributed by atoms with van der Waals surface area (Å²) in [5, 5.41) is 23.4. The van der Waals surface area contributed by atoms with Crippen LogP contribution in [0.3, 0.4) is 0 Å². The molecular formula is C23H19F2N7O. The second-order valence-corrected chi connectivity index (χ2v) is 7.78. The summed E-state index contributed by atoms with van der Waals surface area (Å²) in [5.41, 5.74) is 0.908. The summed E-state index contributed by atoms with van der Waals surface area (Å²) in [6, 6.07) is 13.7. The van der Waals surface area contributed by atoms with E-state index >= 15 is 0 Å². The van der Waals surface area contributed by atoms with E-state index < -0.39 is 11.7 Å². The first kappa shape index (κ1) is 20.7. The number of aromatic nitrogens is 4. The van der Waals surface area contributed by atoms with Gasteiger partial charge in [0, 0.05) is 18.7 Å². The molecule has 3 aromatic carbocycles. The molecule has 0 bridgehead atoms. The molecule has 166 valence electrons. The lowest BCUT2D eigenvalue weighted by atomic mass is 10.1. The summed E-state index contributed by atoms with van der Waals surface area (Å²) < 4.78 is 29.4. The second-order valence-electron chi connectivity index (χ2n) is 7.78. The van der Waals surface area contributed by atoms with Gasteiger partial charge in [-0.3, -0.25) is 10.2 Å². The number of halogens is 2. The van der Waals surface area contributed by atoms with Crippen molar-refractivity contribution in [2.24, 2.45) is 0 Å². The molecule has 0 unspecified atom stereocenters. The zero-order chi connectivity index (χ0) is 22.9. The Hall–Kier alpha value is -4.21. The third-order valence-electron chi connectivity index (χ3n) is 5.62. The molecule has 2 N–H and O–H groups in total. The van der Waals surface area contributed by atoms with Crippen LogP contribution in [0.1, 0.15) is 29.0 Å². The van der Waals surface area contributed by atoms with Crippen LogP contribution in [0.25, 0.3) is 16.5 Å². The van der Waals surface area contributed by atoms with Gasteiger partial charge in [-0.25, -0.2) is 8.78 Å². The number of nitrogens with one attached hydrogen (secondary N) is 2. The highest BCUT2D eigenvalue weighted by Gasteiger charge is 2.21. The molecule has 0 saturated carbocycles. The minimum atomic E-state index is -0.694. The topological polar surface area (TPSA) is 99.8 Å². The highest BCUT2D eigenvalue weighted by atomic mass is 19.1. The Morgan fingerprint density at radius 3 is 2.52 bits per heavy atom. The van der Waals surface area contributed by atoms with Crippen LogP contribution in [0.15, 0.2) is 54.6 Å². The second kappa shape index (κ2) is 8.38. The van der Waals surface area contributed by atoms with Crippen molar-refractivity contribution in [2.75, 3.05) is 18.4 Å². The molecule has 4 aromatic rings. The monoisotopic (exact) mass is 447 g/mol. The lowest BCUT2D eigenvalue weighted by molar-refractivity contribution is 0.101. The van der Waals surface area contributed by atoms with Gasteiger partial charge in [0.2, 0.25) is 5.82 Å². The molecule has 0 aliphatic carbocycles. The quantitative estimate of drug-likeness (QED) is 0.367. The van der Waals surface area contributed by atoms with Crippen molar-refractivity contribution < 1.29 is 13.6 Å². The van der Waals surface area contributed by atoms with Crippen molar-refractivity contribution in [3.05, 3.63) is 77.6 Å².